The third-order valence-electron chi connectivity index (χ3n) is 3.39. The van der Waals surface area contributed by atoms with Crippen LogP contribution in [0.25, 0.3) is 11.0 Å². The van der Waals surface area contributed by atoms with Gasteiger partial charge in [0.05, 0.1) is 11.6 Å². The van der Waals surface area contributed by atoms with Gasteiger partial charge < -0.3 is 9.73 Å². The number of hydrogen-bond acceptors (Lipinski definition) is 2. The van der Waals surface area contributed by atoms with E-state index in [-0.39, 0.29) is 0 Å². The molecule has 0 aliphatic heterocycles. The first-order valence-electron chi connectivity index (χ1n) is 7.09. The monoisotopic (exact) mass is 279 g/mol. The average Bonchev–Trinajstić information content (AvgIpc) is 2.75. The summed E-state index contributed by atoms with van der Waals surface area (Å²) < 4.78 is 6.02. The maximum absolute atomic E-state index is 6.26. The van der Waals surface area contributed by atoms with Crippen LogP contribution in [-0.2, 0) is 13.0 Å². The Morgan fingerprint density at radius 2 is 2.00 bits per heavy atom. The molecule has 0 saturated heterocycles. The highest BCUT2D eigenvalue weighted by Crippen LogP contribution is 2.34. The minimum atomic E-state index is 0.708. The van der Waals surface area contributed by atoms with Crippen molar-refractivity contribution in [2.24, 2.45) is 0 Å². The van der Waals surface area contributed by atoms with Gasteiger partial charge in [-0.15, -0.1) is 0 Å². The van der Waals surface area contributed by atoms with Crippen molar-refractivity contribution in [2.75, 3.05) is 6.54 Å². The molecule has 0 radical (unpaired) electrons. The Bertz CT molecular complexity index is 559. The fraction of sp³-hybridized carbons (Fsp3) is 0.500. The maximum atomic E-state index is 6.26. The maximum Gasteiger partial charge on any atom is 0.153 e. The van der Waals surface area contributed by atoms with Gasteiger partial charge in [-0.05, 0) is 37.9 Å². The SMILES string of the molecule is CCCNCc1oc2c(Cl)ccc(C)c2c1CCC. The van der Waals surface area contributed by atoms with E-state index in [0.29, 0.717) is 5.02 Å². The van der Waals surface area contributed by atoms with E-state index in [4.69, 9.17) is 16.0 Å². The molecule has 0 spiro atoms. The van der Waals surface area contributed by atoms with Crippen molar-refractivity contribution in [3.63, 3.8) is 0 Å². The standard InChI is InChI=1S/C16H22ClNO/c1-4-6-12-14(10-18-9-5-2)19-16-13(17)8-7-11(3)15(12)16/h7-8,18H,4-6,9-10H2,1-3H3. The third kappa shape index (κ3) is 2.96. The van der Waals surface area contributed by atoms with Crippen molar-refractivity contribution in [3.05, 3.63) is 34.0 Å². The number of nitrogens with one attached hydrogen (secondary N) is 1. The molecule has 0 atom stereocenters. The van der Waals surface area contributed by atoms with Crippen molar-refractivity contribution >= 4 is 22.6 Å². The van der Waals surface area contributed by atoms with Crippen molar-refractivity contribution in [2.45, 2.75) is 46.6 Å². The number of halogens is 1. The van der Waals surface area contributed by atoms with Gasteiger partial charge in [-0.25, -0.2) is 0 Å². The third-order valence-corrected chi connectivity index (χ3v) is 3.69. The van der Waals surface area contributed by atoms with E-state index < -0.39 is 0 Å². The smallest absolute Gasteiger partial charge is 0.153 e. The Hall–Kier alpha value is -0.990. The molecule has 0 amide bonds. The van der Waals surface area contributed by atoms with Crippen molar-refractivity contribution < 1.29 is 4.42 Å². The minimum absolute atomic E-state index is 0.708. The van der Waals surface area contributed by atoms with Gasteiger partial charge in [-0.1, -0.05) is 37.9 Å². The van der Waals surface area contributed by atoms with Gasteiger partial charge in [0.15, 0.2) is 5.58 Å². The zero-order valence-electron chi connectivity index (χ0n) is 12.0. The van der Waals surface area contributed by atoms with Gasteiger partial charge in [0.2, 0.25) is 0 Å². The van der Waals surface area contributed by atoms with Gasteiger partial charge >= 0.3 is 0 Å². The van der Waals surface area contributed by atoms with Crippen LogP contribution < -0.4 is 5.32 Å². The molecule has 1 aromatic heterocycles. The Morgan fingerprint density at radius 3 is 2.68 bits per heavy atom. The van der Waals surface area contributed by atoms with Gasteiger partial charge in [-0.2, -0.15) is 0 Å². The number of rotatable bonds is 6. The highest BCUT2D eigenvalue weighted by molar-refractivity contribution is 6.35. The fourth-order valence-electron chi connectivity index (χ4n) is 2.49. The molecule has 3 heteroatoms. The molecule has 1 N–H and O–H groups in total. The average molecular weight is 280 g/mol. The molecule has 104 valence electrons. The molecule has 0 bridgehead atoms. The van der Waals surface area contributed by atoms with E-state index in [1.807, 2.05) is 6.07 Å². The minimum Gasteiger partial charge on any atom is -0.458 e. The van der Waals surface area contributed by atoms with Gasteiger partial charge in [-0.3, -0.25) is 0 Å². The van der Waals surface area contributed by atoms with E-state index in [1.54, 1.807) is 0 Å². The molecular formula is C16H22ClNO. The summed E-state index contributed by atoms with van der Waals surface area (Å²) in [6.07, 6.45) is 3.28. The number of benzene rings is 1. The number of furan rings is 1. The summed E-state index contributed by atoms with van der Waals surface area (Å²) in [5.41, 5.74) is 3.41. The molecule has 0 fully saturated rings. The van der Waals surface area contributed by atoms with E-state index in [0.717, 1.165) is 43.7 Å². The van der Waals surface area contributed by atoms with Crippen LogP contribution in [-0.4, -0.2) is 6.54 Å². The topological polar surface area (TPSA) is 25.2 Å². The van der Waals surface area contributed by atoms with Gasteiger partial charge in [0.25, 0.3) is 0 Å². The second-order valence-electron chi connectivity index (χ2n) is 5.00. The zero-order valence-corrected chi connectivity index (χ0v) is 12.7. The van der Waals surface area contributed by atoms with E-state index in [2.05, 4.69) is 32.2 Å². The second kappa shape index (κ2) is 6.44. The van der Waals surface area contributed by atoms with E-state index in [1.165, 1.54) is 16.5 Å². The fourth-order valence-corrected chi connectivity index (χ4v) is 2.69. The van der Waals surface area contributed by atoms with Crippen LogP contribution >= 0.6 is 11.6 Å². The lowest BCUT2D eigenvalue weighted by molar-refractivity contribution is 0.507. The lowest BCUT2D eigenvalue weighted by Crippen LogP contribution is -2.14. The van der Waals surface area contributed by atoms with Crippen molar-refractivity contribution in [1.82, 2.24) is 5.32 Å². The van der Waals surface area contributed by atoms with Crippen LogP contribution in [0.4, 0.5) is 0 Å². The molecular weight excluding hydrogens is 258 g/mol. The number of aryl methyl sites for hydroxylation is 2. The molecule has 0 aliphatic carbocycles. The Balaban J connectivity index is 2.47. The first-order chi connectivity index (χ1) is 9.19. The van der Waals surface area contributed by atoms with Crippen LogP contribution in [0.5, 0.6) is 0 Å². The summed E-state index contributed by atoms with van der Waals surface area (Å²) in [4.78, 5) is 0. The summed E-state index contributed by atoms with van der Waals surface area (Å²) in [7, 11) is 0. The summed E-state index contributed by atoms with van der Waals surface area (Å²) in [5, 5.41) is 5.33. The lowest BCUT2D eigenvalue weighted by Gasteiger charge is -2.04. The molecule has 19 heavy (non-hydrogen) atoms. The molecule has 0 aliphatic rings. The predicted octanol–water partition coefficient (Wildman–Crippen LogP) is 4.85. The molecule has 1 heterocycles. The predicted molar refractivity (Wildman–Crippen MR) is 82.0 cm³/mol. The Kier molecular flexibility index (Phi) is 4.89. The van der Waals surface area contributed by atoms with Crippen LogP contribution in [0.3, 0.4) is 0 Å². The molecule has 1 aromatic carbocycles. The van der Waals surface area contributed by atoms with Crippen LogP contribution in [0.15, 0.2) is 16.5 Å². The zero-order chi connectivity index (χ0) is 13.8. The first kappa shape index (κ1) is 14.4. The normalized spacial score (nSPS) is 11.4. The van der Waals surface area contributed by atoms with Crippen LogP contribution in [0, 0.1) is 6.92 Å². The second-order valence-corrected chi connectivity index (χ2v) is 5.41. The van der Waals surface area contributed by atoms with Crippen LogP contribution in [0.2, 0.25) is 5.02 Å². The van der Waals surface area contributed by atoms with Crippen molar-refractivity contribution in [3.8, 4) is 0 Å². The number of fused-ring (bicyclic) bond motifs is 1. The van der Waals surface area contributed by atoms with Crippen molar-refractivity contribution in [1.29, 1.82) is 0 Å². The Morgan fingerprint density at radius 1 is 1.21 bits per heavy atom. The summed E-state index contributed by atoms with van der Waals surface area (Å²) in [5.74, 6) is 1.04. The van der Waals surface area contributed by atoms with Gasteiger partial charge in [0.1, 0.15) is 5.76 Å². The lowest BCUT2D eigenvalue weighted by atomic mass is 10.0. The van der Waals surface area contributed by atoms with Gasteiger partial charge in [0, 0.05) is 10.9 Å². The van der Waals surface area contributed by atoms with Crippen LogP contribution in [0.1, 0.15) is 43.6 Å². The first-order valence-corrected chi connectivity index (χ1v) is 7.46. The summed E-state index contributed by atoms with van der Waals surface area (Å²) >= 11 is 6.26. The molecule has 0 unspecified atom stereocenters. The molecule has 2 aromatic rings. The molecule has 2 rings (SSSR count). The summed E-state index contributed by atoms with van der Waals surface area (Å²) in [6, 6.07) is 3.99. The molecule has 0 saturated carbocycles. The quantitative estimate of drug-likeness (QED) is 0.765. The largest absolute Gasteiger partial charge is 0.458 e. The summed E-state index contributed by atoms with van der Waals surface area (Å²) in [6.45, 7) is 8.28. The Labute approximate surface area is 120 Å². The highest BCUT2D eigenvalue weighted by atomic mass is 35.5. The highest BCUT2D eigenvalue weighted by Gasteiger charge is 2.17. The number of hydrogen-bond donors (Lipinski definition) is 1. The molecule has 2 nitrogen and oxygen atoms in total. The van der Waals surface area contributed by atoms with E-state index in [9.17, 15) is 0 Å². The van der Waals surface area contributed by atoms with E-state index >= 15 is 0 Å².